The molecule has 0 unspecified atom stereocenters. The summed E-state index contributed by atoms with van der Waals surface area (Å²) in [6.45, 7) is 3.41. The maximum absolute atomic E-state index is 5.41. The summed E-state index contributed by atoms with van der Waals surface area (Å²) in [4.78, 5) is 11.0. The summed E-state index contributed by atoms with van der Waals surface area (Å²) < 4.78 is 0. The van der Waals surface area contributed by atoms with Crippen molar-refractivity contribution in [2.24, 2.45) is 5.73 Å². The molecule has 2 rings (SSSR count). The third-order valence-corrected chi connectivity index (χ3v) is 2.48. The van der Waals surface area contributed by atoms with Crippen LogP contribution in [0.15, 0.2) is 6.20 Å². The van der Waals surface area contributed by atoms with Gasteiger partial charge in [0.05, 0.1) is 5.69 Å². The highest BCUT2D eigenvalue weighted by molar-refractivity contribution is 5.31. The minimum atomic E-state index is 0.695. The number of nitrogens with one attached hydrogen (secondary N) is 1. The van der Waals surface area contributed by atoms with E-state index >= 15 is 0 Å². The highest BCUT2D eigenvalue weighted by Gasteiger charge is 2.17. The minimum absolute atomic E-state index is 0.695. The molecule has 15 heavy (non-hydrogen) atoms. The van der Waals surface area contributed by atoms with Gasteiger partial charge in [-0.25, -0.2) is 9.97 Å². The average molecular weight is 207 g/mol. The predicted molar refractivity (Wildman–Crippen MR) is 59.4 cm³/mol. The third kappa shape index (κ3) is 2.43. The first-order chi connectivity index (χ1) is 7.29. The Morgan fingerprint density at radius 1 is 1.53 bits per heavy atom. The molecule has 3 N–H and O–H groups in total. The summed E-state index contributed by atoms with van der Waals surface area (Å²) in [7, 11) is 2.09. The van der Waals surface area contributed by atoms with Crippen LogP contribution in [0.5, 0.6) is 0 Å². The number of nitrogens with two attached hydrogens (primary N) is 1. The van der Waals surface area contributed by atoms with Gasteiger partial charge >= 0.3 is 0 Å². The molecule has 1 aromatic heterocycles. The first-order valence-electron chi connectivity index (χ1n) is 5.27. The van der Waals surface area contributed by atoms with E-state index in [1.54, 1.807) is 0 Å². The molecule has 0 aromatic carbocycles. The van der Waals surface area contributed by atoms with Gasteiger partial charge in [0.15, 0.2) is 0 Å². The molecule has 0 aliphatic carbocycles. The van der Waals surface area contributed by atoms with E-state index in [9.17, 15) is 0 Å². The molecule has 1 aromatic rings. The van der Waals surface area contributed by atoms with E-state index < -0.39 is 0 Å². The number of rotatable bonds is 4. The highest BCUT2D eigenvalue weighted by atomic mass is 15.2. The fraction of sp³-hybridized carbons (Fsp3) is 0.600. The van der Waals surface area contributed by atoms with Crippen molar-refractivity contribution in [3.8, 4) is 0 Å². The fourth-order valence-corrected chi connectivity index (χ4v) is 1.70. The normalized spacial score (nSPS) is 15.3. The maximum atomic E-state index is 5.41. The Labute approximate surface area is 89.7 Å². The van der Waals surface area contributed by atoms with Gasteiger partial charge < -0.3 is 11.1 Å². The second kappa shape index (κ2) is 4.55. The van der Waals surface area contributed by atoms with Crippen LogP contribution in [0.4, 0.5) is 5.95 Å². The molecule has 1 aliphatic heterocycles. The Bertz CT molecular complexity index is 339. The lowest BCUT2D eigenvalue weighted by molar-refractivity contribution is 0.351. The van der Waals surface area contributed by atoms with Crippen LogP contribution in [0.2, 0.25) is 0 Å². The lowest BCUT2D eigenvalue weighted by Gasteiger charge is -2.04. The van der Waals surface area contributed by atoms with Crippen LogP contribution in [-0.2, 0) is 13.1 Å². The smallest absolute Gasteiger partial charge is 0.222 e. The Morgan fingerprint density at radius 3 is 3.20 bits per heavy atom. The molecular weight excluding hydrogens is 190 g/mol. The Kier molecular flexibility index (Phi) is 3.13. The van der Waals surface area contributed by atoms with E-state index in [0.717, 1.165) is 37.7 Å². The van der Waals surface area contributed by atoms with Crippen molar-refractivity contribution in [2.45, 2.75) is 19.5 Å². The highest BCUT2D eigenvalue weighted by Crippen LogP contribution is 2.19. The van der Waals surface area contributed by atoms with E-state index in [1.807, 2.05) is 6.20 Å². The van der Waals surface area contributed by atoms with Crippen LogP contribution in [0, 0.1) is 0 Å². The van der Waals surface area contributed by atoms with Gasteiger partial charge in [0, 0.05) is 31.4 Å². The number of aromatic nitrogens is 2. The monoisotopic (exact) mass is 207 g/mol. The second-order valence-corrected chi connectivity index (χ2v) is 3.91. The second-order valence-electron chi connectivity index (χ2n) is 3.91. The third-order valence-electron chi connectivity index (χ3n) is 2.48. The number of hydrogen-bond donors (Lipinski definition) is 2. The first kappa shape index (κ1) is 10.3. The Hall–Kier alpha value is -1.20. The van der Waals surface area contributed by atoms with Gasteiger partial charge in [0.2, 0.25) is 5.95 Å². The van der Waals surface area contributed by atoms with Crippen molar-refractivity contribution in [3.05, 3.63) is 17.5 Å². The molecule has 82 valence electrons. The maximum Gasteiger partial charge on any atom is 0.222 e. The zero-order chi connectivity index (χ0) is 10.7. The number of nitrogens with zero attached hydrogens (tertiary/aromatic N) is 3. The van der Waals surface area contributed by atoms with Crippen LogP contribution in [-0.4, -0.2) is 35.0 Å². The van der Waals surface area contributed by atoms with Crippen molar-refractivity contribution >= 4 is 5.95 Å². The number of fused-ring (bicyclic) bond motifs is 1. The van der Waals surface area contributed by atoms with Crippen LogP contribution < -0.4 is 11.1 Å². The summed E-state index contributed by atoms with van der Waals surface area (Å²) in [5.41, 5.74) is 7.79. The molecule has 0 radical (unpaired) electrons. The van der Waals surface area contributed by atoms with Gasteiger partial charge in [-0.3, -0.25) is 4.90 Å². The lowest BCUT2D eigenvalue weighted by atomic mass is 10.3. The molecule has 0 amide bonds. The van der Waals surface area contributed by atoms with Gasteiger partial charge in [0.25, 0.3) is 0 Å². The predicted octanol–water partition coefficient (Wildman–Crippen LogP) is 0.183. The molecule has 5 heteroatoms. The molecule has 1 aliphatic rings. The first-order valence-corrected chi connectivity index (χ1v) is 5.27. The average Bonchev–Trinajstić information content (AvgIpc) is 2.57. The van der Waals surface area contributed by atoms with E-state index in [0.29, 0.717) is 6.54 Å². The van der Waals surface area contributed by atoms with E-state index in [4.69, 9.17) is 5.73 Å². The molecule has 2 heterocycles. The lowest BCUT2D eigenvalue weighted by Crippen LogP contribution is -2.11. The molecule has 0 atom stereocenters. The van der Waals surface area contributed by atoms with Crippen molar-refractivity contribution < 1.29 is 0 Å². The molecular formula is C10H17N5. The van der Waals surface area contributed by atoms with Crippen molar-refractivity contribution in [2.75, 3.05) is 25.5 Å². The summed E-state index contributed by atoms with van der Waals surface area (Å²) in [5.74, 6) is 0.720. The summed E-state index contributed by atoms with van der Waals surface area (Å²) in [6.07, 6.45) is 2.86. The molecule has 0 saturated heterocycles. The standard InChI is InChI=1S/C10H17N5/c1-15-6-8-5-13-10(12-4-2-3-11)14-9(8)7-15/h5H,2-4,6-7,11H2,1H3,(H,12,13,14). The summed E-state index contributed by atoms with van der Waals surface area (Å²) >= 11 is 0. The number of anilines is 1. The van der Waals surface area contributed by atoms with Crippen LogP contribution in [0.25, 0.3) is 0 Å². The molecule has 0 spiro atoms. The van der Waals surface area contributed by atoms with Gasteiger partial charge in [-0.2, -0.15) is 0 Å². The SMILES string of the molecule is CN1Cc2cnc(NCCCN)nc2C1. The largest absolute Gasteiger partial charge is 0.354 e. The molecule has 0 saturated carbocycles. The number of hydrogen-bond acceptors (Lipinski definition) is 5. The minimum Gasteiger partial charge on any atom is -0.354 e. The zero-order valence-electron chi connectivity index (χ0n) is 9.03. The van der Waals surface area contributed by atoms with E-state index in [2.05, 4.69) is 27.2 Å². The summed E-state index contributed by atoms with van der Waals surface area (Å²) in [5, 5.41) is 3.17. The molecule has 0 bridgehead atoms. The molecule has 0 fully saturated rings. The van der Waals surface area contributed by atoms with Crippen LogP contribution in [0.3, 0.4) is 0 Å². The van der Waals surface area contributed by atoms with Gasteiger partial charge in [-0.1, -0.05) is 0 Å². The molecule has 5 nitrogen and oxygen atoms in total. The van der Waals surface area contributed by atoms with Gasteiger partial charge in [-0.15, -0.1) is 0 Å². The van der Waals surface area contributed by atoms with Crippen LogP contribution >= 0.6 is 0 Å². The Balaban J connectivity index is 2.00. The van der Waals surface area contributed by atoms with Crippen molar-refractivity contribution in [1.29, 1.82) is 0 Å². The summed E-state index contributed by atoms with van der Waals surface area (Å²) in [6, 6.07) is 0. The van der Waals surface area contributed by atoms with E-state index in [-0.39, 0.29) is 0 Å². The quantitative estimate of drug-likeness (QED) is 0.690. The van der Waals surface area contributed by atoms with Crippen LogP contribution in [0.1, 0.15) is 17.7 Å². The fourth-order valence-electron chi connectivity index (χ4n) is 1.70. The topological polar surface area (TPSA) is 67.1 Å². The Morgan fingerprint density at radius 2 is 2.40 bits per heavy atom. The van der Waals surface area contributed by atoms with Crippen molar-refractivity contribution in [3.63, 3.8) is 0 Å². The van der Waals surface area contributed by atoms with Crippen molar-refractivity contribution in [1.82, 2.24) is 14.9 Å². The van der Waals surface area contributed by atoms with Gasteiger partial charge in [-0.05, 0) is 20.0 Å². The van der Waals surface area contributed by atoms with E-state index in [1.165, 1.54) is 5.56 Å². The zero-order valence-corrected chi connectivity index (χ0v) is 9.03. The van der Waals surface area contributed by atoms with Gasteiger partial charge in [0.1, 0.15) is 0 Å².